The van der Waals surface area contributed by atoms with E-state index in [9.17, 15) is 4.79 Å². The second kappa shape index (κ2) is 5.35. The van der Waals surface area contributed by atoms with Crippen LogP contribution >= 0.6 is 11.8 Å². The van der Waals surface area contributed by atoms with Crippen LogP contribution in [0, 0.1) is 5.92 Å². The lowest BCUT2D eigenvalue weighted by Gasteiger charge is -2.15. The summed E-state index contributed by atoms with van der Waals surface area (Å²) in [7, 11) is 0. The Morgan fingerprint density at radius 3 is 2.72 bits per heavy atom. The minimum absolute atomic E-state index is 0.0409. The molecule has 2 rings (SSSR count). The van der Waals surface area contributed by atoms with Gasteiger partial charge >= 0.3 is 5.97 Å². The molecular formula is C13H14N2O2S. The van der Waals surface area contributed by atoms with Crippen molar-refractivity contribution in [2.75, 3.05) is 0 Å². The zero-order valence-electron chi connectivity index (χ0n) is 10.2. The van der Waals surface area contributed by atoms with Crippen LogP contribution in [-0.4, -0.2) is 26.3 Å². The van der Waals surface area contributed by atoms with E-state index in [1.165, 1.54) is 18.1 Å². The number of para-hydroxylation sites is 1. The van der Waals surface area contributed by atoms with Crippen LogP contribution in [0.4, 0.5) is 0 Å². The van der Waals surface area contributed by atoms with Crippen LogP contribution in [-0.2, 0) is 4.79 Å². The van der Waals surface area contributed by atoms with Crippen molar-refractivity contribution in [1.29, 1.82) is 0 Å². The van der Waals surface area contributed by atoms with Crippen molar-refractivity contribution in [1.82, 2.24) is 9.97 Å². The van der Waals surface area contributed by atoms with Gasteiger partial charge < -0.3 is 5.11 Å². The first-order valence-corrected chi connectivity index (χ1v) is 6.56. The van der Waals surface area contributed by atoms with Gasteiger partial charge in [-0.05, 0) is 6.07 Å². The largest absolute Gasteiger partial charge is 0.481 e. The molecule has 1 heterocycles. The number of hydrogen-bond donors (Lipinski definition) is 1. The van der Waals surface area contributed by atoms with Gasteiger partial charge in [0.2, 0.25) is 0 Å². The van der Waals surface area contributed by atoms with Gasteiger partial charge in [0, 0.05) is 10.6 Å². The van der Waals surface area contributed by atoms with E-state index in [1.807, 2.05) is 31.2 Å². The molecule has 1 N–H and O–H groups in total. The quantitative estimate of drug-likeness (QED) is 0.678. The Bertz CT molecular complexity index is 568. The molecule has 0 aliphatic heterocycles. The summed E-state index contributed by atoms with van der Waals surface area (Å²) in [6, 6.07) is 7.73. The fraction of sp³-hybridized carbons (Fsp3) is 0.308. The van der Waals surface area contributed by atoms with E-state index in [1.54, 1.807) is 6.92 Å². The van der Waals surface area contributed by atoms with Gasteiger partial charge in [0.15, 0.2) is 0 Å². The summed E-state index contributed by atoms with van der Waals surface area (Å²) < 4.78 is 0. The van der Waals surface area contributed by atoms with E-state index in [-0.39, 0.29) is 5.25 Å². The summed E-state index contributed by atoms with van der Waals surface area (Å²) in [6.07, 6.45) is 1.52. The molecule has 18 heavy (non-hydrogen) atoms. The first-order valence-electron chi connectivity index (χ1n) is 5.69. The molecule has 4 nitrogen and oxygen atoms in total. The standard InChI is InChI=1S/C13H14N2O2S/c1-8(13(16)17)9(2)18-12-10-5-3-4-6-11(10)14-7-15-12/h3-9H,1-2H3,(H,16,17). The molecule has 0 spiro atoms. The fourth-order valence-electron chi connectivity index (χ4n) is 1.55. The van der Waals surface area contributed by atoms with Crippen LogP contribution in [0.5, 0.6) is 0 Å². The third-order valence-electron chi connectivity index (χ3n) is 2.90. The number of carbonyl (C=O) groups is 1. The monoisotopic (exact) mass is 262 g/mol. The highest BCUT2D eigenvalue weighted by atomic mass is 32.2. The molecule has 1 aromatic carbocycles. The molecule has 0 amide bonds. The summed E-state index contributed by atoms with van der Waals surface area (Å²) in [4.78, 5) is 19.4. The van der Waals surface area contributed by atoms with Gasteiger partial charge in [-0.1, -0.05) is 32.0 Å². The molecule has 0 radical (unpaired) electrons. The van der Waals surface area contributed by atoms with Crippen LogP contribution in [0.3, 0.4) is 0 Å². The fourth-order valence-corrected chi connectivity index (χ4v) is 2.63. The van der Waals surface area contributed by atoms with E-state index in [2.05, 4.69) is 9.97 Å². The molecule has 2 atom stereocenters. The van der Waals surface area contributed by atoms with Crippen molar-refractivity contribution in [3.63, 3.8) is 0 Å². The third-order valence-corrected chi connectivity index (χ3v) is 4.23. The lowest BCUT2D eigenvalue weighted by atomic mass is 10.1. The van der Waals surface area contributed by atoms with Crippen molar-refractivity contribution < 1.29 is 9.90 Å². The number of thioether (sulfide) groups is 1. The summed E-state index contributed by atoms with van der Waals surface area (Å²) in [5.41, 5.74) is 0.880. The average molecular weight is 262 g/mol. The predicted octanol–water partition coefficient (Wildman–Crippen LogP) is 2.83. The van der Waals surface area contributed by atoms with Crippen LogP contribution in [0.15, 0.2) is 35.6 Å². The van der Waals surface area contributed by atoms with Crippen LogP contribution in [0.2, 0.25) is 0 Å². The van der Waals surface area contributed by atoms with Crippen molar-refractivity contribution in [2.24, 2.45) is 5.92 Å². The molecule has 0 fully saturated rings. The maximum Gasteiger partial charge on any atom is 0.307 e. The first kappa shape index (κ1) is 12.8. The van der Waals surface area contributed by atoms with Gasteiger partial charge in [-0.25, -0.2) is 9.97 Å². The number of aliphatic carboxylic acids is 1. The number of nitrogens with zero attached hydrogens (tertiary/aromatic N) is 2. The average Bonchev–Trinajstić information content (AvgIpc) is 2.38. The Hall–Kier alpha value is -1.62. The Kier molecular flexibility index (Phi) is 3.81. The van der Waals surface area contributed by atoms with Gasteiger partial charge in [0.1, 0.15) is 11.4 Å². The second-order valence-electron chi connectivity index (χ2n) is 4.15. The third kappa shape index (κ3) is 2.61. The summed E-state index contributed by atoms with van der Waals surface area (Å²) in [6.45, 7) is 3.61. The molecule has 5 heteroatoms. The Morgan fingerprint density at radius 1 is 1.28 bits per heavy atom. The van der Waals surface area contributed by atoms with E-state index in [0.717, 1.165) is 15.9 Å². The molecular weight excluding hydrogens is 248 g/mol. The highest BCUT2D eigenvalue weighted by Gasteiger charge is 2.21. The molecule has 0 saturated carbocycles. The molecule has 0 aliphatic carbocycles. The maximum absolute atomic E-state index is 10.9. The van der Waals surface area contributed by atoms with Gasteiger partial charge in [-0.3, -0.25) is 4.79 Å². The van der Waals surface area contributed by atoms with E-state index in [4.69, 9.17) is 5.11 Å². The summed E-state index contributed by atoms with van der Waals surface area (Å²) in [5, 5.41) is 10.8. The number of fused-ring (bicyclic) bond motifs is 1. The molecule has 0 aliphatic rings. The molecule has 94 valence electrons. The van der Waals surface area contributed by atoms with Crippen LogP contribution < -0.4 is 0 Å². The number of hydrogen-bond acceptors (Lipinski definition) is 4. The minimum Gasteiger partial charge on any atom is -0.481 e. The van der Waals surface area contributed by atoms with Crippen molar-refractivity contribution in [3.05, 3.63) is 30.6 Å². The van der Waals surface area contributed by atoms with Gasteiger partial charge in [-0.2, -0.15) is 0 Å². The smallest absolute Gasteiger partial charge is 0.307 e. The van der Waals surface area contributed by atoms with Gasteiger partial charge in [0.05, 0.1) is 11.4 Å². The number of carboxylic acids is 1. The van der Waals surface area contributed by atoms with Crippen molar-refractivity contribution in [3.8, 4) is 0 Å². The van der Waals surface area contributed by atoms with Crippen LogP contribution in [0.1, 0.15) is 13.8 Å². The van der Waals surface area contributed by atoms with Gasteiger partial charge in [0.25, 0.3) is 0 Å². The lowest BCUT2D eigenvalue weighted by molar-refractivity contribution is -0.140. The highest BCUT2D eigenvalue weighted by Crippen LogP contribution is 2.30. The van der Waals surface area contributed by atoms with Gasteiger partial charge in [-0.15, -0.1) is 11.8 Å². The number of aromatic nitrogens is 2. The molecule has 0 bridgehead atoms. The summed E-state index contributed by atoms with van der Waals surface area (Å²) >= 11 is 1.48. The Balaban J connectivity index is 2.29. The predicted molar refractivity (Wildman–Crippen MR) is 71.7 cm³/mol. The highest BCUT2D eigenvalue weighted by molar-refractivity contribution is 8.00. The summed E-state index contributed by atoms with van der Waals surface area (Å²) in [5.74, 6) is -1.20. The number of rotatable bonds is 4. The number of benzene rings is 1. The SMILES string of the molecule is CC(Sc1ncnc2ccccc12)C(C)C(=O)O. The lowest BCUT2D eigenvalue weighted by Crippen LogP contribution is -2.20. The topological polar surface area (TPSA) is 63.1 Å². The van der Waals surface area contributed by atoms with E-state index in [0.29, 0.717) is 0 Å². The zero-order chi connectivity index (χ0) is 13.1. The first-order chi connectivity index (χ1) is 8.59. The molecule has 2 aromatic rings. The maximum atomic E-state index is 10.9. The van der Waals surface area contributed by atoms with E-state index < -0.39 is 11.9 Å². The second-order valence-corrected chi connectivity index (χ2v) is 5.51. The zero-order valence-corrected chi connectivity index (χ0v) is 11.0. The molecule has 0 saturated heterocycles. The number of carboxylic acid groups (broad SMARTS) is 1. The molecule has 2 unspecified atom stereocenters. The van der Waals surface area contributed by atoms with E-state index >= 15 is 0 Å². The van der Waals surface area contributed by atoms with Crippen molar-refractivity contribution in [2.45, 2.75) is 24.1 Å². The normalized spacial score (nSPS) is 14.3. The molecule has 1 aromatic heterocycles. The minimum atomic E-state index is -0.784. The Labute approximate surface area is 109 Å². The Morgan fingerprint density at radius 2 is 2.00 bits per heavy atom. The van der Waals surface area contributed by atoms with Crippen LogP contribution in [0.25, 0.3) is 10.9 Å². The van der Waals surface area contributed by atoms with Crippen molar-refractivity contribution >= 4 is 28.6 Å².